The molecule has 1 aromatic carbocycles. The van der Waals surface area contributed by atoms with Crippen LogP contribution in [-0.2, 0) is 6.54 Å². The molecule has 0 radical (unpaired) electrons. The van der Waals surface area contributed by atoms with E-state index in [1.165, 1.54) is 6.07 Å². The lowest BCUT2D eigenvalue weighted by molar-refractivity contribution is 0.0926. The Morgan fingerprint density at radius 1 is 1.29 bits per heavy atom. The molecule has 4 aromatic rings. The highest BCUT2D eigenvalue weighted by molar-refractivity contribution is 5.99. The minimum atomic E-state index is -0.333. The number of imidazole rings is 1. The second kappa shape index (κ2) is 7.65. The molecule has 2 N–H and O–H groups in total. The van der Waals surface area contributed by atoms with Gasteiger partial charge in [0.25, 0.3) is 5.91 Å². The lowest BCUT2D eigenvalue weighted by atomic mass is 10.0. The number of rotatable bonds is 6. The number of nitrogens with one attached hydrogen (secondary N) is 2. The highest BCUT2D eigenvalue weighted by Gasteiger charge is 2.35. The number of aromatic nitrogens is 4. The number of benzene rings is 1. The van der Waals surface area contributed by atoms with Gasteiger partial charge in [0, 0.05) is 24.0 Å². The molecular formula is C24H24FN5O. The summed E-state index contributed by atoms with van der Waals surface area (Å²) < 4.78 is 16.2. The summed E-state index contributed by atoms with van der Waals surface area (Å²) in [4.78, 5) is 24.9. The average Bonchev–Trinajstić information content (AvgIpc) is 3.26. The predicted octanol–water partition coefficient (Wildman–Crippen LogP) is 4.44. The summed E-state index contributed by atoms with van der Waals surface area (Å²) in [5.41, 5.74) is 4.95. The van der Waals surface area contributed by atoms with Gasteiger partial charge >= 0.3 is 0 Å². The van der Waals surface area contributed by atoms with E-state index in [1.807, 2.05) is 30.8 Å². The summed E-state index contributed by atoms with van der Waals surface area (Å²) in [7, 11) is 0. The largest absolute Gasteiger partial charge is 0.350 e. The van der Waals surface area contributed by atoms with Crippen LogP contribution >= 0.6 is 0 Å². The van der Waals surface area contributed by atoms with Crippen LogP contribution in [0.5, 0.6) is 0 Å². The van der Waals surface area contributed by atoms with E-state index in [1.54, 1.807) is 24.7 Å². The van der Waals surface area contributed by atoms with E-state index in [2.05, 4.69) is 21.4 Å². The third kappa shape index (κ3) is 3.83. The molecule has 5 rings (SSSR count). The molecule has 1 fully saturated rings. The van der Waals surface area contributed by atoms with Gasteiger partial charge in [-0.05, 0) is 61.4 Å². The van der Waals surface area contributed by atoms with Gasteiger partial charge in [0.05, 0.1) is 30.1 Å². The molecule has 31 heavy (non-hydrogen) atoms. The molecule has 1 atom stereocenters. The third-order valence-corrected chi connectivity index (χ3v) is 5.97. The maximum atomic E-state index is 14.2. The van der Waals surface area contributed by atoms with Gasteiger partial charge in [-0.1, -0.05) is 12.1 Å². The molecule has 0 aliphatic heterocycles. The van der Waals surface area contributed by atoms with Crippen molar-refractivity contribution in [3.05, 3.63) is 83.1 Å². The molecule has 1 amide bonds. The Morgan fingerprint density at radius 3 is 2.81 bits per heavy atom. The van der Waals surface area contributed by atoms with E-state index in [0.29, 0.717) is 29.1 Å². The van der Waals surface area contributed by atoms with Crippen LogP contribution < -0.4 is 5.32 Å². The number of pyridine rings is 1. The van der Waals surface area contributed by atoms with Crippen LogP contribution in [0.2, 0.25) is 0 Å². The molecule has 1 aliphatic rings. The Morgan fingerprint density at radius 2 is 2.13 bits per heavy atom. The summed E-state index contributed by atoms with van der Waals surface area (Å²) >= 11 is 0. The van der Waals surface area contributed by atoms with Gasteiger partial charge in [-0.15, -0.1) is 0 Å². The standard InChI is InChI=1S/C24H24FN5O/c1-14-3-6-19(25)18-10-20(28-21(14)18)24(31)29-23(17-4-5-17)22-15(2)9-16(11-27-22)12-30-8-7-26-13-30/h3,6-11,13,17,23,28H,4-5,12H2,1-2H3,(H,29,31). The highest BCUT2D eigenvalue weighted by Crippen LogP contribution is 2.41. The number of aryl methyl sites for hydroxylation is 2. The van der Waals surface area contributed by atoms with Crippen molar-refractivity contribution in [3.63, 3.8) is 0 Å². The number of hydrogen-bond donors (Lipinski definition) is 2. The van der Waals surface area contributed by atoms with E-state index in [9.17, 15) is 9.18 Å². The Kier molecular flexibility index (Phi) is 4.81. The maximum absolute atomic E-state index is 14.2. The van der Waals surface area contributed by atoms with E-state index < -0.39 is 0 Å². The van der Waals surface area contributed by atoms with E-state index in [0.717, 1.165) is 35.2 Å². The van der Waals surface area contributed by atoms with Crippen LogP contribution in [0.15, 0.2) is 49.2 Å². The number of aromatic amines is 1. The Balaban J connectivity index is 1.40. The molecular weight excluding hydrogens is 393 g/mol. The van der Waals surface area contributed by atoms with Gasteiger partial charge in [0.2, 0.25) is 0 Å². The first-order chi connectivity index (χ1) is 15.0. The first-order valence-corrected chi connectivity index (χ1v) is 10.5. The van der Waals surface area contributed by atoms with Crippen molar-refractivity contribution in [2.45, 2.75) is 39.3 Å². The Labute approximate surface area is 179 Å². The van der Waals surface area contributed by atoms with Crippen molar-refractivity contribution in [3.8, 4) is 0 Å². The molecule has 3 heterocycles. The molecule has 0 saturated heterocycles. The van der Waals surface area contributed by atoms with Gasteiger partial charge in [-0.25, -0.2) is 9.37 Å². The monoisotopic (exact) mass is 417 g/mol. The summed E-state index contributed by atoms with van der Waals surface area (Å²) in [6.45, 7) is 4.63. The first kappa shape index (κ1) is 19.5. The van der Waals surface area contributed by atoms with Crippen molar-refractivity contribution in [1.82, 2.24) is 24.8 Å². The van der Waals surface area contributed by atoms with Crippen molar-refractivity contribution in [2.75, 3.05) is 0 Å². The molecule has 3 aromatic heterocycles. The fourth-order valence-electron chi connectivity index (χ4n) is 4.15. The molecule has 0 spiro atoms. The minimum Gasteiger partial charge on any atom is -0.350 e. The lowest BCUT2D eigenvalue weighted by Crippen LogP contribution is -2.31. The van der Waals surface area contributed by atoms with Crippen molar-refractivity contribution < 1.29 is 9.18 Å². The number of fused-ring (bicyclic) bond motifs is 1. The van der Waals surface area contributed by atoms with Crippen LogP contribution in [-0.4, -0.2) is 25.4 Å². The van der Waals surface area contributed by atoms with Gasteiger partial charge in [-0.2, -0.15) is 0 Å². The van der Waals surface area contributed by atoms with Crippen LogP contribution in [0, 0.1) is 25.6 Å². The molecule has 1 saturated carbocycles. The molecule has 0 bridgehead atoms. The van der Waals surface area contributed by atoms with Crippen molar-refractivity contribution in [1.29, 1.82) is 0 Å². The van der Waals surface area contributed by atoms with Crippen LogP contribution in [0.4, 0.5) is 4.39 Å². The zero-order valence-corrected chi connectivity index (χ0v) is 17.5. The number of H-pyrrole nitrogens is 1. The van der Waals surface area contributed by atoms with Crippen LogP contribution in [0.25, 0.3) is 10.9 Å². The van der Waals surface area contributed by atoms with Gasteiger partial charge in [0.15, 0.2) is 0 Å². The average molecular weight is 417 g/mol. The zero-order valence-electron chi connectivity index (χ0n) is 17.5. The second-order valence-electron chi connectivity index (χ2n) is 8.41. The molecule has 6 nitrogen and oxygen atoms in total. The summed E-state index contributed by atoms with van der Waals surface area (Å²) in [5.74, 6) is -0.200. The molecule has 1 unspecified atom stereocenters. The summed E-state index contributed by atoms with van der Waals surface area (Å²) in [6.07, 6.45) is 9.44. The number of amides is 1. The number of carbonyl (C=O) groups excluding carboxylic acids is 1. The Bertz CT molecular complexity index is 1220. The predicted molar refractivity (Wildman–Crippen MR) is 116 cm³/mol. The lowest BCUT2D eigenvalue weighted by Gasteiger charge is -2.20. The maximum Gasteiger partial charge on any atom is 0.268 e. The molecule has 7 heteroatoms. The normalized spacial score (nSPS) is 14.7. The SMILES string of the molecule is Cc1cc(Cn2ccnc2)cnc1C(NC(=O)c1cc2c(F)ccc(C)c2[nH]1)C1CC1. The fraction of sp³-hybridized carbons (Fsp3) is 0.292. The van der Waals surface area contributed by atoms with Gasteiger partial charge in [0.1, 0.15) is 11.5 Å². The Hall–Kier alpha value is -3.48. The van der Waals surface area contributed by atoms with E-state index in [-0.39, 0.29) is 17.8 Å². The summed E-state index contributed by atoms with van der Waals surface area (Å²) in [6, 6.07) is 6.68. The number of halogens is 1. The number of hydrogen-bond acceptors (Lipinski definition) is 3. The number of carbonyl (C=O) groups is 1. The smallest absolute Gasteiger partial charge is 0.268 e. The van der Waals surface area contributed by atoms with E-state index >= 15 is 0 Å². The molecule has 158 valence electrons. The van der Waals surface area contributed by atoms with Crippen LogP contribution in [0.1, 0.15) is 51.8 Å². The van der Waals surface area contributed by atoms with Gasteiger partial charge < -0.3 is 14.9 Å². The summed E-state index contributed by atoms with van der Waals surface area (Å²) in [5, 5.41) is 3.58. The molecule has 1 aliphatic carbocycles. The minimum absolute atomic E-state index is 0.160. The number of nitrogens with zero attached hydrogens (tertiary/aromatic N) is 3. The fourth-order valence-corrected chi connectivity index (χ4v) is 4.15. The third-order valence-electron chi connectivity index (χ3n) is 5.97. The quantitative estimate of drug-likeness (QED) is 0.487. The second-order valence-corrected chi connectivity index (χ2v) is 8.41. The van der Waals surface area contributed by atoms with E-state index in [4.69, 9.17) is 4.98 Å². The first-order valence-electron chi connectivity index (χ1n) is 10.5. The van der Waals surface area contributed by atoms with Crippen molar-refractivity contribution in [2.24, 2.45) is 5.92 Å². The van der Waals surface area contributed by atoms with Crippen LogP contribution in [0.3, 0.4) is 0 Å². The zero-order chi connectivity index (χ0) is 21.5. The van der Waals surface area contributed by atoms with Gasteiger partial charge in [-0.3, -0.25) is 9.78 Å². The van der Waals surface area contributed by atoms with Crippen molar-refractivity contribution >= 4 is 16.8 Å². The topological polar surface area (TPSA) is 75.6 Å². The highest BCUT2D eigenvalue weighted by atomic mass is 19.1.